The third-order valence-corrected chi connectivity index (χ3v) is 9.79. The summed E-state index contributed by atoms with van der Waals surface area (Å²) >= 11 is 0. The van der Waals surface area contributed by atoms with E-state index in [1.165, 1.54) is 5.57 Å². The van der Waals surface area contributed by atoms with Crippen LogP contribution in [-0.4, -0.2) is 29.1 Å². The molecule has 0 saturated heterocycles. The Bertz CT molecular complexity index is 811. The fourth-order valence-corrected chi connectivity index (χ4v) is 8.93. The van der Waals surface area contributed by atoms with E-state index >= 15 is 0 Å². The molecular formula is C24H30O4. The number of rotatable bonds is 2. The Labute approximate surface area is 166 Å². The van der Waals surface area contributed by atoms with Gasteiger partial charge in [0, 0.05) is 30.4 Å². The van der Waals surface area contributed by atoms with Gasteiger partial charge in [-0.2, -0.15) is 0 Å². The van der Waals surface area contributed by atoms with E-state index in [-0.39, 0.29) is 29.7 Å². The van der Waals surface area contributed by atoms with Crippen LogP contribution in [0.4, 0.5) is 0 Å². The second-order valence-corrected chi connectivity index (χ2v) is 10.3. The van der Waals surface area contributed by atoms with Crippen molar-refractivity contribution in [2.24, 2.45) is 46.8 Å². The first-order valence-corrected chi connectivity index (χ1v) is 11.3. The predicted octanol–water partition coefficient (Wildman–Crippen LogP) is 3.44. The fraction of sp³-hybridized carbons (Fsp3) is 0.750. The number of esters is 1. The molecule has 0 aromatic rings. The number of aliphatic hydroxyl groups is 1. The number of hydrogen-bond donors (Lipinski definition) is 1. The van der Waals surface area contributed by atoms with E-state index in [1.54, 1.807) is 6.08 Å². The summed E-state index contributed by atoms with van der Waals surface area (Å²) in [5.41, 5.74) is 0.953. The zero-order valence-corrected chi connectivity index (χ0v) is 16.6. The number of carbonyl (C=O) groups excluding carboxylic acids is 2. The minimum absolute atomic E-state index is 0.0313. The van der Waals surface area contributed by atoms with Gasteiger partial charge in [-0.3, -0.25) is 4.79 Å². The largest absolute Gasteiger partial charge is 0.451 e. The minimum Gasteiger partial charge on any atom is -0.451 e. The number of aliphatic hydroxyl groups excluding tert-OH is 1. The average molecular weight is 383 g/mol. The third kappa shape index (κ3) is 1.91. The maximum Gasteiger partial charge on any atom is 0.331 e. The predicted molar refractivity (Wildman–Crippen MR) is 103 cm³/mol. The van der Waals surface area contributed by atoms with Crippen molar-refractivity contribution < 1.29 is 19.4 Å². The highest BCUT2D eigenvalue weighted by molar-refractivity contribution is 5.91. The Kier molecular flexibility index (Phi) is 3.48. The van der Waals surface area contributed by atoms with Crippen LogP contribution >= 0.6 is 0 Å². The Hall–Kier alpha value is -1.42. The minimum atomic E-state index is -0.391. The van der Waals surface area contributed by atoms with Crippen LogP contribution in [0.5, 0.6) is 0 Å². The molecule has 1 heterocycles. The monoisotopic (exact) mass is 382 g/mol. The Morgan fingerprint density at radius 1 is 1.25 bits per heavy atom. The molecule has 9 atom stereocenters. The number of allylic oxidation sites excluding steroid dienone is 1. The first kappa shape index (κ1) is 17.4. The van der Waals surface area contributed by atoms with Gasteiger partial charge < -0.3 is 9.84 Å². The molecular weight excluding hydrogens is 352 g/mol. The Morgan fingerprint density at radius 2 is 2.11 bits per heavy atom. The summed E-state index contributed by atoms with van der Waals surface area (Å²) in [5.74, 6) is 3.58. The van der Waals surface area contributed by atoms with Gasteiger partial charge in [0.25, 0.3) is 0 Å². The van der Waals surface area contributed by atoms with Crippen LogP contribution < -0.4 is 0 Å². The molecule has 0 aromatic heterocycles. The summed E-state index contributed by atoms with van der Waals surface area (Å²) in [6.07, 6.45) is 12.7. The molecule has 4 nitrogen and oxygen atoms in total. The van der Waals surface area contributed by atoms with E-state index in [2.05, 4.69) is 13.0 Å². The average Bonchev–Trinajstić information content (AvgIpc) is 3.34. The van der Waals surface area contributed by atoms with Gasteiger partial charge in [-0.15, -0.1) is 0 Å². The van der Waals surface area contributed by atoms with Crippen molar-refractivity contribution in [3.05, 3.63) is 23.8 Å². The van der Waals surface area contributed by atoms with Crippen molar-refractivity contribution in [3.8, 4) is 0 Å². The van der Waals surface area contributed by atoms with Gasteiger partial charge in [-0.1, -0.05) is 12.5 Å². The van der Waals surface area contributed by atoms with Crippen LogP contribution in [0.3, 0.4) is 0 Å². The molecule has 5 aliphatic carbocycles. The maximum absolute atomic E-state index is 12.1. The van der Waals surface area contributed by atoms with E-state index in [0.717, 1.165) is 38.5 Å². The van der Waals surface area contributed by atoms with Gasteiger partial charge in [-0.05, 0) is 86.2 Å². The summed E-state index contributed by atoms with van der Waals surface area (Å²) < 4.78 is 6.13. The lowest BCUT2D eigenvalue weighted by Crippen LogP contribution is -2.58. The Morgan fingerprint density at radius 3 is 2.82 bits per heavy atom. The molecule has 0 bridgehead atoms. The van der Waals surface area contributed by atoms with Crippen molar-refractivity contribution in [1.82, 2.24) is 0 Å². The highest BCUT2D eigenvalue weighted by atomic mass is 16.6. The van der Waals surface area contributed by atoms with Crippen molar-refractivity contribution >= 4 is 11.8 Å². The quantitative estimate of drug-likeness (QED) is 0.743. The molecule has 3 unspecified atom stereocenters. The molecule has 4 heteroatoms. The lowest BCUT2D eigenvalue weighted by molar-refractivity contribution is -0.176. The van der Waals surface area contributed by atoms with Gasteiger partial charge in [0.15, 0.2) is 5.78 Å². The van der Waals surface area contributed by atoms with E-state index in [0.29, 0.717) is 41.9 Å². The number of hydrogen-bond acceptors (Lipinski definition) is 4. The second kappa shape index (κ2) is 5.59. The second-order valence-electron chi connectivity index (χ2n) is 10.3. The van der Waals surface area contributed by atoms with Crippen molar-refractivity contribution in [2.45, 2.75) is 57.5 Å². The molecule has 28 heavy (non-hydrogen) atoms. The summed E-state index contributed by atoms with van der Waals surface area (Å²) in [6, 6.07) is 0. The zero-order valence-electron chi connectivity index (χ0n) is 16.6. The van der Waals surface area contributed by atoms with Gasteiger partial charge >= 0.3 is 5.97 Å². The molecule has 150 valence electrons. The molecule has 0 radical (unpaired) electrons. The molecule has 6 aliphatic rings. The lowest BCUT2D eigenvalue weighted by Gasteiger charge is -2.59. The first-order chi connectivity index (χ1) is 13.5. The molecule has 4 saturated carbocycles. The number of fused-ring (bicyclic) bond motifs is 9. The fourth-order valence-electron chi connectivity index (χ4n) is 8.93. The smallest absolute Gasteiger partial charge is 0.331 e. The summed E-state index contributed by atoms with van der Waals surface area (Å²) in [6.45, 7) is 2.48. The maximum atomic E-state index is 12.1. The van der Waals surface area contributed by atoms with Gasteiger partial charge in [0.05, 0.1) is 0 Å². The van der Waals surface area contributed by atoms with Crippen LogP contribution in [0, 0.1) is 46.8 Å². The molecule has 1 aliphatic heterocycles. The SMILES string of the molecule is CC[C@]12CCC3C(C1[C@H]1C[C@H]1[C@@]21C=CC(=O)O1)[C@H](CO)CC1=CC(=O)CC[C@@H]13. The van der Waals surface area contributed by atoms with E-state index in [4.69, 9.17) is 4.74 Å². The molecule has 1 spiro atoms. The van der Waals surface area contributed by atoms with Crippen molar-refractivity contribution in [1.29, 1.82) is 0 Å². The van der Waals surface area contributed by atoms with Crippen LogP contribution in [0.15, 0.2) is 23.8 Å². The van der Waals surface area contributed by atoms with E-state index in [9.17, 15) is 14.7 Å². The van der Waals surface area contributed by atoms with Crippen molar-refractivity contribution in [3.63, 3.8) is 0 Å². The summed E-state index contributed by atoms with van der Waals surface area (Å²) in [5, 5.41) is 10.4. The highest BCUT2D eigenvalue weighted by Gasteiger charge is 2.79. The number of ketones is 1. The van der Waals surface area contributed by atoms with Gasteiger partial charge in [0.2, 0.25) is 0 Å². The zero-order chi connectivity index (χ0) is 19.3. The standard InChI is InChI=1S/C24H30O4/c1-2-23-7-5-17-16-4-3-15(26)10-13(16)9-14(12-25)21(17)22(23)18-11-19(18)24(23)8-6-20(27)28-24/h6,8,10,14,16-19,21-22,25H,2-5,7,9,11-12H2,1H3/t14-,16-,17?,18-,19+,21?,22?,23-,24-/m0/s1. The van der Waals surface area contributed by atoms with Crippen LogP contribution in [0.2, 0.25) is 0 Å². The van der Waals surface area contributed by atoms with Crippen molar-refractivity contribution in [2.75, 3.05) is 6.61 Å². The molecule has 1 N–H and O–H groups in total. The molecule has 6 rings (SSSR count). The molecule has 4 fully saturated rings. The van der Waals surface area contributed by atoms with Crippen LogP contribution in [0.25, 0.3) is 0 Å². The normalized spacial score (nSPS) is 53.2. The van der Waals surface area contributed by atoms with Gasteiger partial charge in [-0.25, -0.2) is 4.79 Å². The Balaban J connectivity index is 1.44. The summed E-state index contributed by atoms with van der Waals surface area (Å²) in [4.78, 5) is 24.2. The van der Waals surface area contributed by atoms with Crippen LogP contribution in [-0.2, 0) is 14.3 Å². The van der Waals surface area contributed by atoms with Gasteiger partial charge in [0.1, 0.15) is 5.60 Å². The number of ether oxygens (including phenoxy) is 1. The lowest BCUT2D eigenvalue weighted by atomic mass is 9.46. The summed E-state index contributed by atoms with van der Waals surface area (Å²) in [7, 11) is 0. The molecule has 0 aromatic carbocycles. The molecule has 0 amide bonds. The van der Waals surface area contributed by atoms with E-state index < -0.39 is 5.60 Å². The third-order valence-electron chi connectivity index (χ3n) is 9.79. The number of carbonyl (C=O) groups is 2. The first-order valence-electron chi connectivity index (χ1n) is 11.3. The van der Waals surface area contributed by atoms with E-state index in [1.807, 2.05) is 6.08 Å². The van der Waals surface area contributed by atoms with Crippen LogP contribution in [0.1, 0.15) is 51.9 Å². The highest BCUT2D eigenvalue weighted by Crippen LogP contribution is 2.79. The topological polar surface area (TPSA) is 63.6 Å².